The summed E-state index contributed by atoms with van der Waals surface area (Å²) < 4.78 is 5.28. The molecule has 0 amide bonds. The molecule has 1 N–H and O–H groups in total. The molecular formula is C7H14O2. The maximum absolute atomic E-state index is 9.02. The largest absolute Gasteiger partial charge is 0.391 e. The number of aliphatic hydroxyl groups excluding tert-OH is 1. The van der Waals surface area contributed by atoms with Crippen LogP contribution in [0.5, 0.6) is 0 Å². The molecule has 0 spiro atoms. The van der Waals surface area contributed by atoms with E-state index in [4.69, 9.17) is 9.84 Å². The van der Waals surface area contributed by atoms with Crippen LogP contribution in [-0.2, 0) is 4.74 Å². The molecule has 54 valence electrons. The van der Waals surface area contributed by atoms with Gasteiger partial charge in [-0.1, -0.05) is 13.8 Å². The van der Waals surface area contributed by atoms with Crippen LogP contribution in [0.25, 0.3) is 0 Å². The van der Waals surface area contributed by atoms with Gasteiger partial charge >= 0.3 is 0 Å². The Bertz CT molecular complexity index is 90.9. The molecule has 1 fully saturated rings. The number of aliphatic hydroxyl groups is 1. The Morgan fingerprint density at radius 3 is 2.44 bits per heavy atom. The van der Waals surface area contributed by atoms with Gasteiger partial charge in [0.1, 0.15) is 0 Å². The normalized spacial score (nSPS) is 36.0. The molecule has 1 aliphatic rings. The molecule has 0 aromatic heterocycles. The number of hydrogen-bond donors (Lipinski definition) is 1. The maximum atomic E-state index is 9.02. The first-order valence-corrected chi connectivity index (χ1v) is 3.50. The number of hydrogen-bond acceptors (Lipinski definition) is 2. The van der Waals surface area contributed by atoms with Crippen LogP contribution < -0.4 is 0 Å². The molecule has 0 aliphatic carbocycles. The van der Waals surface area contributed by atoms with Crippen molar-refractivity contribution in [3.8, 4) is 0 Å². The van der Waals surface area contributed by atoms with Gasteiger partial charge in [-0.2, -0.15) is 0 Å². The van der Waals surface area contributed by atoms with E-state index >= 15 is 0 Å². The summed E-state index contributed by atoms with van der Waals surface area (Å²) in [4.78, 5) is 0. The lowest BCUT2D eigenvalue weighted by atomic mass is 10.0. The fourth-order valence-electron chi connectivity index (χ4n) is 1.10. The standard InChI is InChI=1S/C7H14O2/c1-5(2)7-3-6(8)4-9-7/h5-8H,3-4H2,1-2H3/t6-,7+/m0/s1. The summed E-state index contributed by atoms with van der Waals surface area (Å²) in [6.45, 7) is 4.76. The Morgan fingerprint density at radius 1 is 1.56 bits per heavy atom. The molecule has 0 radical (unpaired) electrons. The summed E-state index contributed by atoms with van der Waals surface area (Å²) in [5, 5.41) is 9.02. The van der Waals surface area contributed by atoms with Gasteiger partial charge in [-0.05, 0) is 5.92 Å². The summed E-state index contributed by atoms with van der Waals surface area (Å²) >= 11 is 0. The smallest absolute Gasteiger partial charge is 0.0798 e. The van der Waals surface area contributed by atoms with E-state index in [0.717, 1.165) is 6.42 Å². The zero-order valence-electron chi connectivity index (χ0n) is 6.00. The Kier molecular flexibility index (Phi) is 2.09. The van der Waals surface area contributed by atoms with Gasteiger partial charge in [-0.15, -0.1) is 0 Å². The Hall–Kier alpha value is -0.0800. The van der Waals surface area contributed by atoms with Crippen LogP contribution in [0.1, 0.15) is 20.3 Å². The van der Waals surface area contributed by atoms with E-state index in [1.54, 1.807) is 0 Å². The molecule has 0 aromatic carbocycles. The SMILES string of the molecule is CC(C)[C@H]1C[C@H](O)CO1. The Balaban J connectivity index is 2.30. The van der Waals surface area contributed by atoms with Crippen LogP contribution in [0.2, 0.25) is 0 Å². The minimum atomic E-state index is -0.211. The first-order chi connectivity index (χ1) is 4.20. The van der Waals surface area contributed by atoms with E-state index in [2.05, 4.69) is 13.8 Å². The van der Waals surface area contributed by atoms with E-state index in [0.29, 0.717) is 18.6 Å². The molecule has 0 bridgehead atoms. The van der Waals surface area contributed by atoms with Crippen LogP contribution in [-0.4, -0.2) is 23.9 Å². The fraction of sp³-hybridized carbons (Fsp3) is 1.00. The minimum Gasteiger partial charge on any atom is -0.391 e. The molecule has 1 aliphatic heterocycles. The quantitative estimate of drug-likeness (QED) is 0.568. The van der Waals surface area contributed by atoms with Crippen LogP contribution in [0.3, 0.4) is 0 Å². The first kappa shape index (κ1) is 7.03. The molecule has 2 atom stereocenters. The summed E-state index contributed by atoms with van der Waals surface area (Å²) in [5.74, 6) is 0.544. The van der Waals surface area contributed by atoms with E-state index in [-0.39, 0.29) is 6.10 Å². The molecule has 0 unspecified atom stereocenters. The van der Waals surface area contributed by atoms with Crippen LogP contribution >= 0.6 is 0 Å². The molecule has 9 heavy (non-hydrogen) atoms. The van der Waals surface area contributed by atoms with Crippen molar-refractivity contribution in [1.82, 2.24) is 0 Å². The average molecular weight is 130 g/mol. The molecule has 1 heterocycles. The van der Waals surface area contributed by atoms with Crippen molar-refractivity contribution in [3.63, 3.8) is 0 Å². The van der Waals surface area contributed by atoms with E-state index in [1.165, 1.54) is 0 Å². The third kappa shape index (κ3) is 1.66. The molecule has 0 aromatic rings. The zero-order valence-corrected chi connectivity index (χ0v) is 6.00. The van der Waals surface area contributed by atoms with Crippen molar-refractivity contribution in [3.05, 3.63) is 0 Å². The van der Waals surface area contributed by atoms with Gasteiger partial charge in [-0.25, -0.2) is 0 Å². The number of ether oxygens (including phenoxy) is 1. The summed E-state index contributed by atoms with van der Waals surface area (Å²) in [5.41, 5.74) is 0. The third-order valence-corrected chi connectivity index (χ3v) is 1.75. The van der Waals surface area contributed by atoms with Crippen LogP contribution in [0.4, 0.5) is 0 Å². The Morgan fingerprint density at radius 2 is 2.22 bits per heavy atom. The highest BCUT2D eigenvalue weighted by molar-refractivity contribution is 4.74. The van der Waals surface area contributed by atoms with Crippen molar-refractivity contribution in [2.24, 2.45) is 5.92 Å². The van der Waals surface area contributed by atoms with E-state index in [1.807, 2.05) is 0 Å². The summed E-state index contributed by atoms with van der Waals surface area (Å²) in [6, 6.07) is 0. The zero-order chi connectivity index (χ0) is 6.85. The van der Waals surface area contributed by atoms with Crippen LogP contribution in [0.15, 0.2) is 0 Å². The van der Waals surface area contributed by atoms with Gasteiger partial charge in [0.05, 0.1) is 18.8 Å². The van der Waals surface area contributed by atoms with E-state index < -0.39 is 0 Å². The second-order valence-corrected chi connectivity index (χ2v) is 3.01. The molecule has 1 rings (SSSR count). The summed E-state index contributed by atoms with van der Waals surface area (Å²) in [7, 11) is 0. The third-order valence-electron chi connectivity index (χ3n) is 1.75. The van der Waals surface area contributed by atoms with Gasteiger partial charge in [0.15, 0.2) is 0 Å². The number of rotatable bonds is 1. The highest BCUT2D eigenvalue weighted by Gasteiger charge is 2.25. The molecule has 2 heteroatoms. The predicted molar refractivity (Wildman–Crippen MR) is 35.2 cm³/mol. The maximum Gasteiger partial charge on any atom is 0.0798 e. The Labute approximate surface area is 55.8 Å². The monoisotopic (exact) mass is 130 g/mol. The second-order valence-electron chi connectivity index (χ2n) is 3.01. The second kappa shape index (κ2) is 2.67. The van der Waals surface area contributed by atoms with Crippen molar-refractivity contribution < 1.29 is 9.84 Å². The lowest BCUT2D eigenvalue weighted by Gasteiger charge is -2.11. The fourth-order valence-corrected chi connectivity index (χ4v) is 1.10. The van der Waals surface area contributed by atoms with Gasteiger partial charge in [-0.3, -0.25) is 0 Å². The van der Waals surface area contributed by atoms with Gasteiger partial charge in [0.25, 0.3) is 0 Å². The molecular weight excluding hydrogens is 116 g/mol. The summed E-state index contributed by atoms with van der Waals surface area (Å²) in [6.07, 6.45) is 0.898. The molecule has 1 saturated heterocycles. The van der Waals surface area contributed by atoms with Crippen molar-refractivity contribution in [2.75, 3.05) is 6.61 Å². The van der Waals surface area contributed by atoms with Crippen molar-refractivity contribution >= 4 is 0 Å². The lowest BCUT2D eigenvalue weighted by molar-refractivity contribution is 0.0641. The minimum absolute atomic E-state index is 0.211. The van der Waals surface area contributed by atoms with E-state index in [9.17, 15) is 0 Å². The average Bonchev–Trinajstić information content (AvgIpc) is 2.14. The predicted octanol–water partition coefficient (Wildman–Crippen LogP) is 0.792. The molecule has 0 saturated carbocycles. The topological polar surface area (TPSA) is 29.5 Å². The van der Waals surface area contributed by atoms with Crippen molar-refractivity contribution in [1.29, 1.82) is 0 Å². The lowest BCUT2D eigenvalue weighted by Crippen LogP contribution is -2.13. The van der Waals surface area contributed by atoms with Crippen LogP contribution in [0, 0.1) is 5.92 Å². The van der Waals surface area contributed by atoms with Crippen molar-refractivity contribution in [2.45, 2.75) is 32.5 Å². The highest BCUT2D eigenvalue weighted by atomic mass is 16.5. The van der Waals surface area contributed by atoms with Gasteiger partial charge in [0, 0.05) is 6.42 Å². The van der Waals surface area contributed by atoms with Gasteiger partial charge in [0.2, 0.25) is 0 Å². The highest BCUT2D eigenvalue weighted by Crippen LogP contribution is 2.19. The molecule has 2 nitrogen and oxygen atoms in total. The first-order valence-electron chi connectivity index (χ1n) is 3.50. The van der Waals surface area contributed by atoms with Gasteiger partial charge < -0.3 is 9.84 Å².